The average Bonchev–Trinajstić information content (AvgIpc) is 2.03. The van der Waals surface area contributed by atoms with Gasteiger partial charge < -0.3 is 5.73 Å². The van der Waals surface area contributed by atoms with Gasteiger partial charge in [0.1, 0.15) is 11.6 Å². The number of ketones is 1. The lowest BCUT2D eigenvalue weighted by molar-refractivity contribution is -0.118. The fraction of sp³-hybridized carbons (Fsp3) is 0.556. The molecular formula is C9H14N2O. The number of hydrogen-bond donors (Lipinski definition) is 1. The first-order valence-corrected chi connectivity index (χ1v) is 3.95. The molecule has 0 aromatic carbocycles. The molecule has 0 bridgehead atoms. The van der Waals surface area contributed by atoms with E-state index in [1.807, 2.05) is 13.0 Å². The fourth-order valence-corrected chi connectivity index (χ4v) is 0.769. The molecule has 0 aromatic rings. The van der Waals surface area contributed by atoms with Crippen LogP contribution >= 0.6 is 0 Å². The molecule has 0 spiro atoms. The minimum absolute atomic E-state index is 0.101. The Hall–Kier alpha value is -1.30. The summed E-state index contributed by atoms with van der Waals surface area (Å²) in [7, 11) is 0. The highest BCUT2D eigenvalue weighted by atomic mass is 16.1. The molecule has 1 unspecified atom stereocenters. The van der Waals surface area contributed by atoms with Crippen LogP contribution in [0.25, 0.3) is 0 Å². The standard InChI is InChI=1S/C9H14N2O/c1-4-6(2)9(12)8(5-10)7(3)11/h6H,4,11H2,1-3H3/b8-7-. The van der Waals surface area contributed by atoms with E-state index in [1.165, 1.54) is 0 Å². The van der Waals surface area contributed by atoms with Crippen molar-refractivity contribution in [1.29, 1.82) is 5.26 Å². The first-order valence-electron chi connectivity index (χ1n) is 3.95. The average molecular weight is 166 g/mol. The Bertz CT molecular complexity index is 244. The van der Waals surface area contributed by atoms with E-state index < -0.39 is 0 Å². The van der Waals surface area contributed by atoms with Crippen LogP contribution in [0, 0.1) is 17.2 Å². The minimum atomic E-state index is -0.153. The van der Waals surface area contributed by atoms with Crippen molar-refractivity contribution in [1.82, 2.24) is 0 Å². The molecule has 0 fully saturated rings. The summed E-state index contributed by atoms with van der Waals surface area (Å²) in [6.07, 6.45) is 0.733. The van der Waals surface area contributed by atoms with E-state index in [2.05, 4.69) is 0 Å². The zero-order valence-electron chi connectivity index (χ0n) is 7.72. The summed E-state index contributed by atoms with van der Waals surface area (Å²) in [5, 5.41) is 8.60. The zero-order chi connectivity index (χ0) is 9.72. The van der Waals surface area contributed by atoms with Gasteiger partial charge in [0.15, 0.2) is 5.78 Å². The lowest BCUT2D eigenvalue weighted by Crippen LogP contribution is -2.15. The number of rotatable bonds is 3. The number of carbonyl (C=O) groups excluding carboxylic acids is 1. The van der Waals surface area contributed by atoms with Crippen molar-refractivity contribution >= 4 is 5.78 Å². The molecule has 0 aliphatic heterocycles. The van der Waals surface area contributed by atoms with Crippen LogP contribution in [0.4, 0.5) is 0 Å². The number of nitrogens with two attached hydrogens (primary N) is 1. The maximum atomic E-state index is 11.4. The van der Waals surface area contributed by atoms with Crippen molar-refractivity contribution < 1.29 is 4.79 Å². The van der Waals surface area contributed by atoms with Crippen molar-refractivity contribution in [2.24, 2.45) is 11.7 Å². The summed E-state index contributed by atoms with van der Waals surface area (Å²) in [5.41, 5.74) is 5.79. The molecule has 0 rings (SSSR count). The molecule has 0 radical (unpaired) electrons. The lowest BCUT2D eigenvalue weighted by Gasteiger charge is -2.06. The third kappa shape index (κ3) is 2.39. The van der Waals surface area contributed by atoms with Crippen LogP contribution < -0.4 is 5.73 Å². The van der Waals surface area contributed by atoms with Gasteiger partial charge in [-0.15, -0.1) is 0 Å². The van der Waals surface area contributed by atoms with Crippen molar-refractivity contribution in [3.8, 4) is 6.07 Å². The quantitative estimate of drug-likeness (QED) is 0.508. The van der Waals surface area contributed by atoms with Gasteiger partial charge in [0.2, 0.25) is 0 Å². The van der Waals surface area contributed by atoms with Gasteiger partial charge in [-0.2, -0.15) is 5.26 Å². The monoisotopic (exact) mass is 166 g/mol. The highest BCUT2D eigenvalue weighted by Crippen LogP contribution is 2.10. The van der Waals surface area contributed by atoms with Crippen LogP contribution in [0.2, 0.25) is 0 Å². The fourth-order valence-electron chi connectivity index (χ4n) is 0.769. The molecule has 66 valence electrons. The van der Waals surface area contributed by atoms with Crippen LogP contribution in [0.1, 0.15) is 27.2 Å². The highest BCUT2D eigenvalue weighted by Gasteiger charge is 2.16. The minimum Gasteiger partial charge on any atom is -0.401 e. The number of allylic oxidation sites excluding steroid dienone is 2. The Morgan fingerprint density at radius 1 is 1.67 bits per heavy atom. The SMILES string of the molecule is CCC(C)C(=O)/C(C#N)=C(/C)N. The van der Waals surface area contributed by atoms with Gasteiger partial charge in [0.25, 0.3) is 0 Å². The highest BCUT2D eigenvalue weighted by molar-refractivity contribution is 6.00. The van der Waals surface area contributed by atoms with Gasteiger partial charge in [0.05, 0.1) is 0 Å². The van der Waals surface area contributed by atoms with E-state index >= 15 is 0 Å². The second-order valence-electron chi connectivity index (χ2n) is 2.84. The second kappa shape index (κ2) is 4.55. The largest absolute Gasteiger partial charge is 0.401 e. The summed E-state index contributed by atoms with van der Waals surface area (Å²) >= 11 is 0. The van der Waals surface area contributed by atoms with E-state index in [0.29, 0.717) is 5.70 Å². The molecule has 2 N–H and O–H groups in total. The van der Waals surface area contributed by atoms with Crippen molar-refractivity contribution in [2.45, 2.75) is 27.2 Å². The Kier molecular flexibility index (Phi) is 4.06. The van der Waals surface area contributed by atoms with Crippen LogP contribution in [-0.2, 0) is 4.79 Å². The third-order valence-electron chi connectivity index (χ3n) is 1.81. The molecule has 0 aliphatic rings. The first-order chi connectivity index (χ1) is 5.54. The van der Waals surface area contributed by atoms with Crippen molar-refractivity contribution in [2.75, 3.05) is 0 Å². The van der Waals surface area contributed by atoms with E-state index in [0.717, 1.165) is 6.42 Å². The first kappa shape index (κ1) is 10.7. The number of carbonyl (C=O) groups is 1. The molecule has 3 heteroatoms. The zero-order valence-corrected chi connectivity index (χ0v) is 7.72. The number of nitriles is 1. The Balaban J connectivity index is 4.71. The molecule has 3 nitrogen and oxygen atoms in total. The van der Waals surface area contributed by atoms with Crippen LogP contribution in [-0.4, -0.2) is 5.78 Å². The molecule has 0 aliphatic carbocycles. The lowest BCUT2D eigenvalue weighted by atomic mass is 9.97. The Labute approximate surface area is 72.9 Å². The Morgan fingerprint density at radius 3 is 2.42 bits per heavy atom. The molecule has 0 heterocycles. The summed E-state index contributed by atoms with van der Waals surface area (Å²) < 4.78 is 0. The number of Topliss-reactive ketones (excluding diaryl/α,β-unsaturated/α-hetero) is 1. The second-order valence-corrected chi connectivity index (χ2v) is 2.84. The topological polar surface area (TPSA) is 66.9 Å². The summed E-state index contributed by atoms with van der Waals surface area (Å²) in [6, 6.07) is 1.82. The van der Waals surface area contributed by atoms with E-state index in [-0.39, 0.29) is 17.3 Å². The predicted octanol–water partition coefficient (Wildman–Crippen LogP) is 1.36. The third-order valence-corrected chi connectivity index (χ3v) is 1.81. The predicted molar refractivity (Wildman–Crippen MR) is 47.0 cm³/mol. The van der Waals surface area contributed by atoms with E-state index in [1.54, 1.807) is 13.8 Å². The molecule has 12 heavy (non-hydrogen) atoms. The van der Waals surface area contributed by atoms with Crippen LogP contribution in [0.3, 0.4) is 0 Å². The maximum absolute atomic E-state index is 11.4. The summed E-state index contributed by atoms with van der Waals surface area (Å²) in [4.78, 5) is 11.4. The van der Waals surface area contributed by atoms with E-state index in [4.69, 9.17) is 11.0 Å². The molecule has 0 saturated heterocycles. The molecule has 1 atom stereocenters. The van der Waals surface area contributed by atoms with Gasteiger partial charge in [-0.3, -0.25) is 4.79 Å². The smallest absolute Gasteiger partial charge is 0.177 e. The van der Waals surface area contributed by atoms with E-state index in [9.17, 15) is 4.79 Å². The van der Waals surface area contributed by atoms with Gasteiger partial charge in [0, 0.05) is 11.6 Å². The maximum Gasteiger partial charge on any atom is 0.177 e. The van der Waals surface area contributed by atoms with Crippen LogP contribution in [0.15, 0.2) is 11.3 Å². The Morgan fingerprint density at radius 2 is 2.17 bits per heavy atom. The summed E-state index contributed by atoms with van der Waals surface area (Å²) in [6.45, 7) is 5.27. The van der Waals surface area contributed by atoms with Gasteiger partial charge in [-0.1, -0.05) is 13.8 Å². The van der Waals surface area contributed by atoms with Gasteiger partial charge in [-0.25, -0.2) is 0 Å². The van der Waals surface area contributed by atoms with Crippen LogP contribution in [0.5, 0.6) is 0 Å². The van der Waals surface area contributed by atoms with Crippen molar-refractivity contribution in [3.05, 3.63) is 11.3 Å². The van der Waals surface area contributed by atoms with Gasteiger partial charge >= 0.3 is 0 Å². The molecular weight excluding hydrogens is 152 g/mol. The molecule has 0 amide bonds. The molecule has 0 saturated carbocycles. The number of nitrogens with zero attached hydrogens (tertiary/aromatic N) is 1. The van der Waals surface area contributed by atoms with Gasteiger partial charge in [-0.05, 0) is 13.3 Å². The normalized spacial score (nSPS) is 14.5. The summed E-state index contributed by atoms with van der Waals surface area (Å²) in [5.74, 6) is -0.266. The number of hydrogen-bond acceptors (Lipinski definition) is 3. The molecule has 0 aromatic heterocycles. The van der Waals surface area contributed by atoms with Crippen molar-refractivity contribution in [3.63, 3.8) is 0 Å².